The SMILES string of the molecule is Cc1ccc(N(CC(=O)N(Cc2ccc(Br)cc2)[C@H](Cc2ccccc2)C(=O)NC2CCCC2)S(=O)(=O)c2ccccc2)cc1Cl. The van der Waals surface area contributed by atoms with E-state index < -0.39 is 28.5 Å². The number of aryl methyl sites for hydroxylation is 1. The number of anilines is 1. The van der Waals surface area contributed by atoms with Crippen LogP contribution in [0.5, 0.6) is 0 Å². The zero-order chi connectivity index (χ0) is 32.7. The van der Waals surface area contributed by atoms with Gasteiger partial charge in [-0.15, -0.1) is 0 Å². The Bertz CT molecular complexity index is 1750. The Morgan fingerprint density at radius 1 is 0.891 bits per heavy atom. The van der Waals surface area contributed by atoms with E-state index in [9.17, 15) is 18.0 Å². The highest BCUT2D eigenvalue weighted by Gasteiger charge is 2.35. The smallest absolute Gasteiger partial charge is 0.264 e. The number of hydrogen-bond donors (Lipinski definition) is 1. The molecular weight excluding hydrogens is 686 g/mol. The van der Waals surface area contributed by atoms with E-state index in [4.69, 9.17) is 11.6 Å². The quantitative estimate of drug-likeness (QED) is 0.166. The highest BCUT2D eigenvalue weighted by Crippen LogP contribution is 2.29. The summed E-state index contributed by atoms with van der Waals surface area (Å²) in [6, 6.07) is 29.2. The molecule has 1 saturated carbocycles. The number of amides is 2. The zero-order valence-corrected chi connectivity index (χ0v) is 28.8. The summed E-state index contributed by atoms with van der Waals surface area (Å²) in [4.78, 5) is 30.2. The Kier molecular flexibility index (Phi) is 11.2. The van der Waals surface area contributed by atoms with Crippen molar-refractivity contribution in [3.05, 3.63) is 129 Å². The number of carbonyl (C=O) groups is 2. The predicted molar refractivity (Wildman–Crippen MR) is 186 cm³/mol. The number of nitrogens with one attached hydrogen (secondary N) is 1. The van der Waals surface area contributed by atoms with Crippen molar-refractivity contribution in [3.8, 4) is 0 Å². The lowest BCUT2D eigenvalue weighted by Crippen LogP contribution is -2.54. The molecule has 1 aliphatic rings. The second-order valence-electron chi connectivity index (χ2n) is 11.6. The van der Waals surface area contributed by atoms with Gasteiger partial charge in [0.1, 0.15) is 12.6 Å². The van der Waals surface area contributed by atoms with Crippen LogP contribution >= 0.6 is 27.5 Å². The number of halogens is 2. The second kappa shape index (κ2) is 15.3. The van der Waals surface area contributed by atoms with Crippen molar-refractivity contribution in [1.82, 2.24) is 10.2 Å². The van der Waals surface area contributed by atoms with Crippen LogP contribution in [0.15, 0.2) is 112 Å². The molecule has 0 unspecified atom stereocenters. The zero-order valence-electron chi connectivity index (χ0n) is 25.6. The summed E-state index contributed by atoms with van der Waals surface area (Å²) < 4.78 is 30.2. The first-order valence-electron chi connectivity index (χ1n) is 15.3. The molecule has 240 valence electrons. The van der Waals surface area contributed by atoms with Crippen molar-refractivity contribution in [2.45, 2.75) is 62.6 Å². The molecule has 4 aromatic carbocycles. The summed E-state index contributed by atoms with van der Waals surface area (Å²) in [5.74, 6) is -0.765. The molecule has 4 aromatic rings. The minimum atomic E-state index is -4.19. The van der Waals surface area contributed by atoms with Gasteiger partial charge in [-0.1, -0.05) is 107 Å². The summed E-state index contributed by atoms with van der Waals surface area (Å²) in [5, 5.41) is 3.57. The number of nitrogens with zero attached hydrogens (tertiary/aromatic N) is 2. The van der Waals surface area contributed by atoms with Gasteiger partial charge in [0.2, 0.25) is 11.8 Å². The van der Waals surface area contributed by atoms with E-state index in [1.165, 1.54) is 17.0 Å². The predicted octanol–water partition coefficient (Wildman–Crippen LogP) is 7.31. The van der Waals surface area contributed by atoms with Crippen LogP contribution in [0.25, 0.3) is 0 Å². The first-order chi connectivity index (χ1) is 22.1. The van der Waals surface area contributed by atoms with Crippen LogP contribution in [0.2, 0.25) is 5.02 Å². The summed E-state index contributed by atoms with van der Waals surface area (Å²) in [6.45, 7) is 1.40. The fraction of sp³-hybridized carbons (Fsp3) is 0.278. The topological polar surface area (TPSA) is 86.8 Å². The van der Waals surface area contributed by atoms with Crippen molar-refractivity contribution in [2.24, 2.45) is 0 Å². The van der Waals surface area contributed by atoms with Crippen LogP contribution in [0.4, 0.5) is 5.69 Å². The number of hydrogen-bond acceptors (Lipinski definition) is 4. The van der Waals surface area contributed by atoms with E-state index >= 15 is 0 Å². The van der Waals surface area contributed by atoms with Crippen LogP contribution in [0, 0.1) is 6.92 Å². The normalized spacial score (nSPS) is 14.1. The maximum Gasteiger partial charge on any atom is 0.264 e. The lowest BCUT2D eigenvalue weighted by Gasteiger charge is -2.34. The van der Waals surface area contributed by atoms with Crippen LogP contribution < -0.4 is 9.62 Å². The van der Waals surface area contributed by atoms with Gasteiger partial charge in [0.05, 0.1) is 10.6 Å². The first kappa shape index (κ1) is 33.7. The van der Waals surface area contributed by atoms with Crippen LogP contribution in [0.3, 0.4) is 0 Å². The Hall–Kier alpha value is -3.66. The van der Waals surface area contributed by atoms with Gasteiger partial charge in [0.15, 0.2) is 0 Å². The molecule has 1 fully saturated rings. The van der Waals surface area contributed by atoms with E-state index in [2.05, 4.69) is 21.2 Å². The lowest BCUT2D eigenvalue weighted by atomic mass is 10.0. The van der Waals surface area contributed by atoms with E-state index in [1.807, 2.05) is 61.5 Å². The largest absolute Gasteiger partial charge is 0.352 e. The van der Waals surface area contributed by atoms with Gasteiger partial charge in [-0.05, 0) is 72.9 Å². The minimum Gasteiger partial charge on any atom is -0.352 e. The monoisotopic (exact) mass is 721 g/mol. The molecular formula is C36H37BrClN3O4S. The molecule has 2 amide bonds. The maximum absolute atomic E-state index is 14.6. The third kappa shape index (κ3) is 8.37. The van der Waals surface area contributed by atoms with E-state index in [0.29, 0.717) is 5.02 Å². The van der Waals surface area contributed by atoms with E-state index in [1.54, 1.807) is 36.4 Å². The summed E-state index contributed by atoms with van der Waals surface area (Å²) in [7, 11) is -4.19. The van der Waals surface area contributed by atoms with E-state index in [0.717, 1.165) is 51.2 Å². The molecule has 0 aliphatic heterocycles. The average molecular weight is 723 g/mol. The first-order valence-corrected chi connectivity index (χ1v) is 17.9. The van der Waals surface area contributed by atoms with Gasteiger partial charge in [-0.25, -0.2) is 8.42 Å². The van der Waals surface area contributed by atoms with Crippen LogP contribution in [-0.2, 0) is 32.6 Å². The van der Waals surface area contributed by atoms with Gasteiger partial charge in [0.25, 0.3) is 10.0 Å². The Morgan fingerprint density at radius 2 is 1.52 bits per heavy atom. The van der Waals surface area contributed by atoms with Crippen molar-refractivity contribution in [3.63, 3.8) is 0 Å². The molecule has 0 saturated heterocycles. The molecule has 0 aromatic heterocycles. The number of benzene rings is 4. The van der Waals surface area contributed by atoms with E-state index in [-0.39, 0.29) is 35.5 Å². The molecule has 0 spiro atoms. The fourth-order valence-electron chi connectivity index (χ4n) is 5.69. The average Bonchev–Trinajstić information content (AvgIpc) is 3.57. The summed E-state index contributed by atoms with van der Waals surface area (Å²) in [6.07, 6.45) is 4.13. The second-order valence-corrected chi connectivity index (χ2v) is 14.8. The fourth-order valence-corrected chi connectivity index (χ4v) is 7.56. The number of carbonyl (C=O) groups excluding carboxylic acids is 2. The number of rotatable bonds is 12. The Balaban J connectivity index is 1.57. The van der Waals surface area contributed by atoms with Crippen LogP contribution in [0.1, 0.15) is 42.4 Å². The van der Waals surface area contributed by atoms with Gasteiger partial charge < -0.3 is 10.2 Å². The molecule has 46 heavy (non-hydrogen) atoms. The van der Waals surface area contributed by atoms with Crippen molar-refractivity contribution in [2.75, 3.05) is 10.8 Å². The van der Waals surface area contributed by atoms with Gasteiger partial charge in [0, 0.05) is 28.5 Å². The highest BCUT2D eigenvalue weighted by molar-refractivity contribution is 9.10. The molecule has 1 N–H and O–H groups in total. The molecule has 0 radical (unpaired) electrons. The third-order valence-corrected chi connectivity index (χ3v) is 11.0. The summed E-state index contributed by atoms with van der Waals surface area (Å²) in [5.41, 5.74) is 2.73. The maximum atomic E-state index is 14.6. The minimum absolute atomic E-state index is 0.0405. The standard InChI is InChI=1S/C36H37BrClN3O4S/c1-26-16-21-31(23-33(26)38)41(46(44,45)32-14-6-3-7-15-32)25-35(42)40(24-28-17-19-29(37)20-18-28)34(22-27-10-4-2-5-11-27)36(43)39-30-12-8-9-13-30/h2-7,10-11,14-21,23,30,34H,8-9,12-13,22,24-25H2,1H3,(H,39,43)/t34-/m1/s1. The van der Waals surface area contributed by atoms with Crippen molar-refractivity contribution >= 4 is 55.1 Å². The molecule has 10 heteroatoms. The Morgan fingerprint density at radius 3 is 2.15 bits per heavy atom. The van der Waals surface area contributed by atoms with Crippen molar-refractivity contribution < 1.29 is 18.0 Å². The number of sulfonamides is 1. The molecule has 5 rings (SSSR count). The molecule has 7 nitrogen and oxygen atoms in total. The summed E-state index contributed by atoms with van der Waals surface area (Å²) >= 11 is 9.93. The molecule has 1 aliphatic carbocycles. The highest BCUT2D eigenvalue weighted by atomic mass is 79.9. The third-order valence-electron chi connectivity index (χ3n) is 8.29. The molecule has 1 atom stereocenters. The lowest BCUT2D eigenvalue weighted by molar-refractivity contribution is -0.140. The van der Waals surface area contributed by atoms with Gasteiger partial charge >= 0.3 is 0 Å². The van der Waals surface area contributed by atoms with Gasteiger partial charge in [-0.3, -0.25) is 13.9 Å². The molecule has 0 heterocycles. The van der Waals surface area contributed by atoms with Crippen molar-refractivity contribution in [1.29, 1.82) is 0 Å². The molecule has 0 bridgehead atoms. The van der Waals surface area contributed by atoms with Crippen LogP contribution in [-0.4, -0.2) is 43.8 Å². The Labute approximate surface area is 284 Å². The van der Waals surface area contributed by atoms with Gasteiger partial charge in [-0.2, -0.15) is 0 Å².